The van der Waals surface area contributed by atoms with E-state index in [2.05, 4.69) is 15.0 Å². The van der Waals surface area contributed by atoms with Crippen LogP contribution in [0.25, 0.3) is 11.0 Å². The molecular formula is C14H13ClN4OS. The second-order valence-corrected chi connectivity index (χ2v) is 5.75. The normalized spacial score (nSPS) is 11.0. The number of nitrogens with zero attached hydrogens (tertiary/aromatic N) is 2. The first kappa shape index (κ1) is 14.0. The molecule has 2 heterocycles. The number of fused-ring (bicyclic) bond motifs is 1. The Kier molecular flexibility index (Phi) is 3.90. The Balaban J connectivity index is 1.80. The van der Waals surface area contributed by atoms with Crippen LogP contribution in [-0.2, 0) is 5.75 Å². The Morgan fingerprint density at radius 1 is 1.29 bits per heavy atom. The minimum Gasteiger partial charge on any atom is -0.497 e. The first-order valence-corrected chi connectivity index (χ1v) is 7.59. The van der Waals surface area contributed by atoms with Gasteiger partial charge in [0, 0.05) is 11.8 Å². The van der Waals surface area contributed by atoms with E-state index in [1.165, 1.54) is 11.8 Å². The first-order valence-electron chi connectivity index (χ1n) is 6.23. The minimum absolute atomic E-state index is 0.462. The summed E-state index contributed by atoms with van der Waals surface area (Å²) in [5, 5.41) is 1.41. The second kappa shape index (κ2) is 5.83. The number of thioether (sulfide) groups is 1. The summed E-state index contributed by atoms with van der Waals surface area (Å²) in [6.45, 7) is 0. The van der Waals surface area contributed by atoms with E-state index in [-0.39, 0.29) is 0 Å². The molecule has 0 atom stereocenters. The number of H-pyrrole nitrogens is 1. The van der Waals surface area contributed by atoms with E-state index in [0.29, 0.717) is 16.6 Å². The van der Waals surface area contributed by atoms with Crippen molar-refractivity contribution in [1.82, 2.24) is 15.0 Å². The molecule has 0 unspecified atom stereocenters. The summed E-state index contributed by atoms with van der Waals surface area (Å²) in [4.78, 5) is 12.0. The van der Waals surface area contributed by atoms with Crippen molar-refractivity contribution in [3.63, 3.8) is 0 Å². The van der Waals surface area contributed by atoms with Gasteiger partial charge in [0.1, 0.15) is 11.6 Å². The molecule has 0 bridgehead atoms. The highest BCUT2D eigenvalue weighted by Crippen LogP contribution is 2.27. The number of nitrogens with two attached hydrogens (primary N) is 1. The van der Waals surface area contributed by atoms with Crippen molar-refractivity contribution in [2.45, 2.75) is 10.9 Å². The Morgan fingerprint density at radius 3 is 2.95 bits per heavy atom. The van der Waals surface area contributed by atoms with Gasteiger partial charge in [-0.15, -0.1) is 0 Å². The number of anilines is 1. The van der Waals surface area contributed by atoms with E-state index in [1.54, 1.807) is 19.2 Å². The predicted octanol–water partition coefficient (Wildman–Crippen LogP) is 3.49. The van der Waals surface area contributed by atoms with Gasteiger partial charge in [0.2, 0.25) is 0 Å². The smallest absolute Gasteiger partial charge is 0.166 e. The maximum Gasteiger partial charge on any atom is 0.166 e. The zero-order chi connectivity index (χ0) is 14.8. The van der Waals surface area contributed by atoms with Crippen LogP contribution < -0.4 is 10.5 Å². The molecule has 21 heavy (non-hydrogen) atoms. The molecule has 3 rings (SSSR count). The van der Waals surface area contributed by atoms with E-state index < -0.39 is 0 Å². The van der Waals surface area contributed by atoms with Crippen molar-refractivity contribution in [2.24, 2.45) is 0 Å². The topological polar surface area (TPSA) is 76.8 Å². The molecule has 0 spiro atoms. The first-order chi connectivity index (χ1) is 10.2. The lowest BCUT2D eigenvalue weighted by Crippen LogP contribution is -1.95. The van der Waals surface area contributed by atoms with Crippen LogP contribution in [0.15, 0.2) is 35.5 Å². The molecule has 0 saturated heterocycles. The average Bonchev–Trinajstić information content (AvgIpc) is 2.89. The van der Waals surface area contributed by atoms with Crippen LogP contribution in [0.3, 0.4) is 0 Å². The van der Waals surface area contributed by atoms with Crippen LogP contribution in [0.1, 0.15) is 5.69 Å². The number of hydrogen-bond acceptors (Lipinski definition) is 5. The van der Waals surface area contributed by atoms with E-state index >= 15 is 0 Å². The number of nitrogens with one attached hydrogen (secondary N) is 1. The van der Waals surface area contributed by atoms with Crippen LogP contribution in [0, 0.1) is 0 Å². The molecule has 108 valence electrons. The Bertz CT molecular complexity index is 790. The number of hydrogen-bond donors (Lipinski definition) is 2. The number of aromatic amines is 1. The highest BCUT2D eigenvalue weighted by molar-refractivity contribution is 7.98. The lowest BCUT2D eigenvalue weighted by Gasteiger charge is -2.02. The van der Waals surface area contributed by atoms with E-state index in [9.17, 15) is 0 Å². The Labute approximate surface area is 130 Å². The van der Waals surface area contributed by atoms with E-state index in [4.69, 9.17) is 22.1 Å². The number of ether oxygens (including phenoxy) is 1. The maximum atomic E-state index is 6.10. The Morgan fingerprint density at radius 2 is 2.14 bits per heavy atom. The van der Waals surface area contributed by atoms with Crippen molar-refractivity contribution < 1.29 is 4.74 Å². The number of pyridine rings is 1. The zero-order valence-electron chi connectivity index (χ0n) is 11.3. The summed E-state index contributed by atoms with van der Waals surface area (Å²) >= 11 is 7.63. The van der Waals surface area contributed by atoms with Gasteiger partial charge < -0.3 is 15.5 Å². The molecule has 0 fully saturated rings. The van der Waals surface area contributed by atoms with Gasteiger partial charge in [0.15, 0.2) is 5.16 Å². The van der Waals surface area contributed by atoms with Crippen molar-refractivity contribution >= 4 is 40.2 Å². The SMILES string of the molecule is COc1ccc2nc(SCc3nc(N)ccc3Cl)[nH]c2c1. The molecule has 2 aromatic heterocycles. The lowest BCUT2D eigenvalue weighted by atomic mass is 10.3. The number of imidazole rings is 1. The third kappa shape index (κ3) is 3.06. The number of methoxy groups -OCH3 is 1. The Hall–Kier alpha value is -1.92. The summed E-state index contributed by atoms with van der Waals surface area (Å²) in [7, 11) is 1.64. The molecule has 3 N–H and O–H groups in total. The van der Waals surface area contributed by atoms with Crippen LogP contribution in [0.2, 0.25) is 5.02 Å². The number of halogens is 1. The van der Waals surface area contributed by atoms with Crippen LogP contribution in [0.4, 0.5) is 5.82 Å². The van der Waals surface area contributed by atoms with Gasteiger partial charge in [-0.1, -0.05) is 23.4 Å². The number of aromatic nitrogens is 3. The zero-order valence-corrected chi connectivity index (χ0v) is 12.8. The van der Waals surface area contributed by atoms with Crippen molar-refractivity contribution in [3.8, 4) is 5.75 Å². The summed E-state index contributed by atoms with van der Waals surface area (Å²) in [6.07, 6.45) is 0. The average molecular weight is 321 g/mol. The summed E-state index contributed by atoms with van der Waals surface area (Å²) in [6, 6.07) is 9.15. The molecule has 0 saturated carbocycles. The van der Waals surface area contributed by atoms with E-state index in [0.717, 1.165) is 27.6 Å². The van der Waals surface area contributed by atoms with Crippen molar-refractivity contribution in [3.05, 3.63) is 41.0 Å². The lowest BCUT2D eigenvalue weighted by molar-refractivity contribution is 0.415. The molecule has 0 aliphatic carbocycles. The van der Waals surface area contributed by atoms with Gasteiger partial charge in [-0.3, -0.25) is 0 Å². The molecule has 1 aromatic carbocycles. The van der Waals surface area contributed by atoms with Gasteiger partial charge in [0.05, 0.1) is 28.9 Å². The molecule has 5 nitrogen and oxygen atoms in total. The number of rotatable bonds is 4. The van der Waals surface area contributed by atoms with Crippen molar-refractivity contribution in [1.29, 1.82) is 0 Å². The quantitative estimate of drug-likeness (QED) is 0.719. The van der Waals surface area contributed by atoms with Crippen LogP contribution in [-0.4, -0.2) is 22.1 Å². The van der Waals surface area contributed by atoms with Gasteiger partial charge in [-0.2, -0.15) is 0 Å². The van der Waals surface area contributed by atoms with Crippen molar-refractivity contribution in [2.75, 3.05) is 12.8 Å². The molecule has 0 radical (unpaired) electrons. The molecule has 7 heteroatoms. The minimum atomic E-state index is 0.462. The molecule has 0 aliphatic heterocycles. The van der Waals surface area contributed by atoms with Crippen LogP contribution >= 0.6 is 23.4 Å². The maximum absolute atomic E-state index is 6.10. The monoisotopic (exact) mass is 320 g/mol. The number of nitrogen functional groups attached to an aromatic ring is 1. The number of benzene rings is 1. The van der Waals surface area contributed by atoms with Gasteiger partial charge >= 0.3 is 0 Å². The second-order valence-electron chi connectivity index (χ2n) is 4.38. The highest BCUT2D eigenvalue weighted by Gasteiger charge is 2.08. The fraction of sp³-hybridized carbons (Fsp3) is 0.143. The highest BCUT2D eigenvalue weighted by atomic mass is 35.5. The van der Waals surface area contributed by atoms with Gasteiger partial charge in [0.25, 0.3) is 0 Å². The van der Waals surface area contributed by atoms with Gasteiger partial charge in [-0.05, 0) is 24.3 Å². The molecular weight excluding hydrogens is 308 g/mol. The van der Waals surface area contributed by atoms with E-state index in [1.807, 2.05) is 18.2 Å². The predicted molar refractivity (Wildman–Crippen MR) is 85.9 cm³/mol. The molecule has 0 aliphatic rings. The molecule has 0 amide bonds. The summed E-state index contributed by atoms with van der Waals surface area (Å²) in [5.74, 6) is 1.86. The fourth-order valence-corrected chi connectivity index (χ4v) is 2.99. The third-order valence-corrected chi connectivity index (χ3v) is 4.18. The van der Waals surface area contributed by atoms with Crippen LogP contribution in [0.5, 0.6) is 5.75 Å². The summed E-state index contributed by atoms with van der Waals surface area (Å²) < 4.78 is 5.19. The third-order valence-electron chi connectivity index (χ3n) is 2.95. The summed E-state index contributed by atoms with van der Waals surface area (Å²) in [5.41, 5.74) is 8.25. The largest absolute Gasteiger partial charge is 0.497 e. The molecule has 3 aromatic rings. The fourth-order valence-electron chi connectivity index (χ4n) is 1.90. The standard InChI is InChI=1S/C14H13ClN4OS/c1-20-8-2-4-10-11(6-8)19-14(18-10)21-7-12-9(15)3-5-13(16)17-12/h2-6H,7H2,1H3,(H2,16,17)(H,18,19). The van der Waals surface area contributed by atoms with Gasteiger partial charge in [-0.25, -0.2) is 9.97 Å².